The van der Waals surface area contributed by atoms with E-state index in [-0.39, 0.29) is 19.0 Å². The van der Waals surface area contributed by atoms with Crippen LogP contribution in [0.5, 0.6) is 0 Å². The van der Waals surface area contributed by atoms with Crippen LogP contribution in [0.25, 0.3) is 0 Å². The zero-order chi connectivity index (χ0) is 16.2. The molecular formula is C12H18N2O7. The lowest BCUT2D eigenvalue weighted by Crippen LogP contribution is -2.46. The molecule has 9 nitrogen and oxygen atoms in total. The van der Waals surface area contributed by atoms with Crippen LogP contribution in [0.2, 0.25) is 0 Å². The van der Waals surface area contributed by atoms with E-state index in [4.69, 9.17) is 10.2 Å². The highest BCUT2D eigenvalue weighted by Crippen LogP contribution is 2.25. The molecule has 2 amide bonds. The zero-order valence-corrected chi connectivity index (χ0v) is 11.8. The highest BCUT2D eigenvalue weighted by atomic mass is 16.5. The van der Waals surface area contributed by atoms with E-state index in [1.54, 1.807) is 6.92 Å². The van der Waals surface area contributed by atoms with E-state index >= 15 is 0 Å². The van der Waals surface area contributed by atoms with Crippen molar-refractivity contribution in [2.45, 2.75) is 6.92 Å². The lowest BCUT2D eigenvalue weighted by molar-refractivity contribution is -0.146. The van der Waals surface area contributed by atoms with Gasteiger partial charge in [0.25, 0.3) is 0 Å². The van der Waals surface area contributed by atoms with Crippen LogP contribution in [0.1, 0.15) is 6.92 Å². The van der Waals surface area contributed by atoms with Crippen molar-refractivity contribution >= 4 is 23.9 Å². The number of carbonyl (C=O) groups is 4. The topological polar surface area (TPSA) is 124 Å². The van der Waals surface area contributed by atoms with Gasteiger partial charge in [0.1, 0.15) is 13.1 Å². The van der Waals surface area contributed by atoms with Gasteiger partial charge >= 0.3 is 23.9 Å². The Balaban J connectivity index is 2.78. The number of likely N-dealkylation sites (tertiary alicyclic amines) is 1. The van der Waals surface area contributed by atoms with Crippen molar-refractivity contribution < 1.29 is 34.1 Å². The number of carbonyl (C=O) groups excluding carboxylic acids is 2. The summed E-state index contributed by atoms with van der Waals surface area (Å²) in [4.78, 5) is 47.2. The van der Waals surface area contributed by atoms with Gasteiger partial charge in [0.15, 0.2) is 0 Å². The third-order valence-corrected chi connectivity index (χ3v) is 3.31. The second-order valence-electron chi connectivity index (χ2n) is 4.94. The molecule has 118 valence electrons. The van der Waals surface area contributed by atoms with Gasteiger partial charge in [-0.1, -0.05) is 6.92 Å². The Morgan fingerprint density at radius 3 is 2.10 bits per heavy atom. The second-order valence-corrected chi connectivity index (χ2v) is 4.94. The molecule has 9 heteroatoms. The zero-order valence-electron chi connectivity index (χ0n) is 11.8. The molecule has 0 aliphatic carbocycles. The fourth-order valence-electron chi connectivity index (χ4n) is 2.30. The van der Waals surface area contributed by atoms with Crippen molar-refractivity contribution in [2.24, 2.45) is 11.8 Å². The first-order valence-electron chi connectivity index (χ1n) is 6.31. The van der Waals surface area contributed by atoms with Crippen LogP contribution in [0.15, 0.2) is 0 Å². The molecule has 2 unspecified atom stereocenters. The van der Waals surface area contributed by atoms with E-state index < -0.39 is 42.9 Å². The summed E-state index contributed by atoms with van der Waals surface area (Å²) < 4.78 is 4.64. The first kappa shape index (κ1) is 16.7. The fourth-order valence-corrected chi connectivity index (χ4v) is 2.30. The number of carboxylic acid groups (broad SMARTS) is 2. The molecule has 1 fully saturated rings. The van der Waals surface area contributed by atoms with Crippen molar-refractivity contribution in [3.63, 3.8) is 0 Å². The van der Waals surface area contributed by atoms with E-state index in [1.165, 1.54) is 12.0 Å². The van der Waals surface area contributed by atoms with Crippen molar-refractivity contribution in [3.8, 4) is 0 Å². The van der Waals surface area contributed by atoms with Crippen molar-refractivity contribution in [2.75, 3.05) is 33.3 Å². The Morgan fingerprint density at radius 1 is 1.14 bits per heavy atom. The molecule has 0 saturated carbocycles. The van der Waals surface area contributed by atoms with E-state index in [0.29, 0.717) is 0 Å². The minimum atomic E-state index is -1.30. The summed E-state index contributed by atoms with van der Waals surface area (Å²) in [5.41, 5.74) is 0. The third kappa shape index (κ3) is 4.33. The smallest absolute Gasteiger partial charge is 0.323 e. The van der Waals surface area contributed by atoms with Crippen molar-refractivity contribution in [3.05, 3.63) is 0 Å². The normalized spacial score (nSPS) is 21.0. The molecule has 0 spiro atoms. The maximum absolute atomic E-state index is 12.2. The molecule has 1 aliphatic rings. The van der Waals surface area contributed by atoms with Gasteiger partial charge in [-0.25, -0.2) is 4.79 Å². The number of aliphatic carboxylic acids is 2. The fraction of sp³-hybridized carbons (Fsp3) is 0.667. The summed E-state index contributed by atoms with van der Waals surface area (Å²) in [6.07, 6.45) is 0. The number of carboxylic acids is 2. The molecule has 0 aromatic heterocycles. The number of rotatable bonds is 5. The van der Waals surface area contributed by atoms with Gasteiger partial charge in [-0.2, -0.15) is 0 Å². The average molecular weight is 302 g/mol. The average Bonchev–Trinajstić information content (AvgIpc) is 2.77. The minimum absolute atomic E-state index is 0.0857. The first-order chi connectivity index (χ1) is 9.76. The minimum Gasteiger partial charge on any atom is -0.480 e. The van der Waals surface area contributed by atoms with Gasteiger partial charge in [-0.15, -0.1) is 0 Å². The summed E-state index contributed by atoms with van der Waals surface area (Å²) in [6.45, 7) is 0.683. The summed E-state index contributed by atoms with van der Waals surface area (Å²) >= 11 is 0. The molecule has 2 atom stereocenters. The molecule has 21 heavy (non-hydrogen) atoms. The number of hydrogen-bond donors (Lipinski definition) is 2. The first-order valence-corrected chi connectivity index (χ1v) is 6.31. The summed E-state index contributed by atoms with van der Waals surface area (Å²) in [5, 5.41) is 17.5. The van der Waals surface area contributed by atoms with Gasteiger partial charge in [0.05, 0.1) is 13.0 Å². The Kier molecular flexibility index (Phi) is 5.51. The highest BCUT2D eigenvalue weighted by Gasteiger charge is 2.39. The Hall–Kier alpha value is -2.32. The van der Waals surface area contributed by atoms with E-state index in [1.807, 2.05) is 0 Å². The Bertz CT molecular complexity index is 435. The van der Waals surface area contributed by atoms with Crippen molar-refractivity contribution in [1.29, 1.82) is 0 Å². The predicted molar refractivity (Wildman–Crippen MR) is 68.5 cm³/mol. The Morgan fingerprint density at radius 2 is 1.67 bits per heavy atom. The SMILES string of the molecule is COC(=O)C1CN(C(=O)N(CC(=O)O)CC(=O)O)CC1C. The summed E-state index contributed by atoms with van der Waals surface area (Å²) in [6, 6.07) is -0.710. The number of amides is 2. The quantitative estimate of drug-likeness (QED) is 0.644. The molecule has 1 saturated heterocycles. The lowest BCUT2D eigenvalue weighted by Gasteiger charge is -2.25. The molecule has 0 bridgehead atoms. The van der Waals surface area contributed by atoms with E-state index in [2.05, 4.69) is 4.74 Å². The number of ether oxygens (including phenoxy) is 1. The summed E-state index contributed by atoms with van der Waals surface area (Å²) in [7, 11) is 1.25. The number of nitrogens with zero attached hydrogens (tertiary/aromatic N) is 2. The standard InChI is InChI=1S/C12H18N2O7/c1-7-3-13(4-8(7)11(19)21-2)12(20)14(5-9(15)16)6-10(17)18/h7-8H,3-6H2,1-2H3,(H,15,16)(H,17,18). The largest absolute Gasteiger partial charge is 0.480 e. The molecule has 0 aromatic rings. The Labute approximate surface area is 121 Å². The van der Waals surface area contributed by atoms with E-state index in [0.717, 1.165) is 4.90 Å². The molecule has 1 rings (SSSR count). The molecular weight excluding hydrogens is 284 g/mol. The lowest BCUT2D eigenvalue weighted by atomic mass is 9.99. The maximum atomic E-state index is 12.2. The second kappa shape index (κ2) is 6.91. The van der Waals surface area contributed by atoms with Crippen LogP contribution in [0.4, 0.5) is 4.79 Å². The number of methoxy groups -OCH3 is 1. The monoisotopic (exact) mass is 302 g/mol. The molecule has 0 radical (unpaired) electrons. The predicted octanol–water partition coefficient (Wildman–Crippen LogP) is -0.681. The third-order valence-electron chi connectivity index (χ3n) is 3.31. The van der Waals surface area contributed by atoms with Gasteiger partial charge in [0.2, 0.25) is 0 Å². The van der Waals surface area contributed by atoms with Crippen LogP contribution in [0, 0.1) is 11.8 Å². The highest BCUT2D eigenvalue weighted by molar-refractivity contribution is 5.85. The van der Waals surface area contributed by atoms with Crippen LogP contribution >= 0.6 is 0 Å². The molecule has 1 aliphatic heterocycles. The molecule has 0 aromatic carbocycles. The summed E-state index contributed by atoms with van der Waals surface area (Å²) in [5.74, 6) is -3.68. The number of urea groups is 1. The van der Waals surface area contributed by atoms with Gasteiger partial charge in [-0.05, 0) is 5.92 Å². The van der Waals surface area contributed by atoms with Gasteiger partial charge in [0, 0.05) is 13.1 Å². The van der Waals surface area contributed by atoms with Crippen LogP contribution < -0.4 is 0 Å². The number of hydrogen-bond acceptors (Lipinski definition) is 5. The maximum Gasteiger partial charge on any atom is 0.323 e. The van der Waals surface area contributed by atoms with Crippen molar-refractivity contribution in [1.82, 2.24) is 9.80 Å². The van der Waals surface area contributed by atoms with Gasteiger partial charge in [-0.3, -0.25) is 14.4 Å². The van der Waals surface area contributed by atoms with E-state index in [9.17, 15) is 19.2 Å². The number of esters is 1. The molecule has 2 N–H and O–H groups in total. The van der Waals surface area contributed by atoms with Crippen LogP contribution in [-0.2, 0) is 19.1 Å². The van der Waals surface area contributed by atoms with Crippen LogP contribution in [0.3, 0.4) is 0 Å². The van der Waals surface area contributed by atoms with Crippen LogP contribution in [-0.4, -0.2) is 77.2 Å². The molecule has 1 heterocycles. The van der Waals surface area contributed by atoms with Gasteiger partial charge < -0.3 is 24.7 Å².